The first-order valence-electron chi connectivity index (χ1n) is 10.6. The molecule has 0 aromatic rings. The van der Waals surface area contributed by atoms with Gasteiger partial charge in [0.1, 0.15) is 6.54 Å². The van der Waals surface area contributed by atoms with Gasteiger partial charge in [-0.25, -0.2) is 13.4 Å². The van der Waals surface area contributed by atoms with Crippen LogP contribution < -0.4 is 5.32 Å². The molecule has 0 radical (unpaired) electrons. The predicted molar refractivity (Wildman–Crippen MR) is 134 cm³/mol. The molecule has 0 aromatic heterocycles. The molecular formula is C19H40IN5O5S. The number of aliphatic imine (C=N–C) groups is 1. The monoisotopic (exact) mass is 577 g/mol. The molecular weight excluding hydrogens is 537 g/mol. The molecule has 184 valence electrons. The number of carbonyl (C=O) groups is 1. The van der Waals surface area contributed by atoms with Crippen molar-refractivity contribution in [1.82, 2.24) is 19.4 Å². The number of nitrogens with one attached hydrogen (secondary N) is 1. The predicted octanol–water partition coefficient (Wildman–Crippen LogP) is 0.437. The van der Waals surface area contributed by atoms with Crippen LogP contribution in [-0.4, -0.2) is 119 Å². The van der Waals surface area contributed by atoms with Gasteiger partial charge in [-0.3, -0.25) is 4.79 Å². The molecule has 0 aromatic carbocycles. The van der Waals surface area contributed by atoms with Gasteiger partial charge >= 0.3 is 0 Å². The maximum absolute atomic E-state index is 12.5. The van der Waals surface area contributed by atoms with Gasteiger partial charge in [0.15, 0.2) is 5.96 Å². The van der Waals surface area contributed by atoms with Crippen LogP contribution in [0.15, 0.2) is 4.99 Å². The van der Waals surface area contributed by atoms with Crippen LogP contribution in [0.3, 0.4) is 0 Å². The van der Waals surface area contributed by atoms with Gasteiger partial charge in [0.05, 0.1) is 18.5 Å². The van der Waals surface area contributed by atoms with E-state index in [-0.39, 0.29) is 54.9 Å². The lowest BCUT2D eigenvalue weighted by atomic mass is 10.3. The Morgan fingerprint density at radius 2 is 1.81 bits per heavy atom. The second-order valence-electron chi connectivity index (χ2n) is 7.53. The fourth-order valence-electron chi connectivity index (χ4n) is 2.77. The third kappa shape index (κ3) is 12.2. The highest BCUT2D eigenvalue weighted by molar-refractivity contribution is 14.0. The van der Waals surface area contributed by atoms with Gasteiger partial charge < -0.3 is 24.6 Å². The number of ether oxygens (including phenoxy) is 2. The van der Waals surface area contributed by atoms with Crippen LogP contribution in [-0.2, 0) is 24.3 Å². The average molecular weight is 578 g/mol. The van der Waals surface area contributed by atoms with Crippen molar-refractivity contribution in [3.8, 4) is 0 Å². The molecule has 31 heavy (non-hydrogen) atoms. The minimum atomic E-state index is -3.35. The Balaban J connectivity index is 0.00000900. The molecule has 0 spiro atoms. The van der Waals surface area contributed by atoms with Crippen molar-refractivity contribution in [2.45, 2.75) is 33.3 Å². The summed E-state index contributed by atoms with van der Waals surface area (Å²) in [5.74, 6) is 0.524. The molecule has 1 saturated heterocycles. The van der Waals surface area contributed by atoms with E-state index in [0.29, 0.717) is 51.9 Å². The standard InChI is InChI=1S/C19H39N5O5S.HI/c1-6-28-13-7-8-20-19(21-16-18(25)22(4)5)23-9-11-24(12-10-23)30(26,27)15-14-29-17(2)3;/h17H,6-16H2,1-5H3,(H,20,21);1H. The Bertz CT molecular complexity index is 638. The number of hydrogen-bond acceptors (Lipinski definition) is 6. The SMILES string of the molecule is CCOCCCNC(=NCC(=O)N(C)C)N1CCN(S(=O)(=O)CCOC(C)C)CC1.I. The van der Waals surface area contributed by atoms with Gasteiger partial charge in [-0.15, -0.1) is 24.0 Å². The summed E-state index contributed by atoms with van der Waals surface area (Å²) in [5, 5.41) is 3.28. The zero-order chi connectivity index (χ0) is 22.6. The Labute approximate surface area is 204 Å². The first-order valence-corrected chi connectivity index (χ1v) is 12.2. The van der Waals surface area contributed by atoms with E-state index < -0.39 is 10.0 Å². The lowest BCUT2D eigenvalue weighted by molar-refractivity contribution is -0.127. The number of nitrogens with zero attached hydrogens (tertiary/aromatic N) is 4. The number of halogens is 1. The minimum absolute atomic E-state index is 0. The number of amides is 1. The van der Waals surface area contributed by atoms with Crippen LogP contribution in [0, 0.1) is 0 Å². The minimum Gasteiger partial charge on any atom is -0.382 e. The zero-order valence-corrected chi connectivity index (χ0v) is 22.6. The summed E-state index contributed by atoms with van der Waals surface area (Å²) in [7, 11) is 0.0400. The number of sulfonamides is 1. The summed E-state index contributed by atoms with van der Waals surface area (Å²) in [6.07, 6.45) is 0.827. The molecule has 12 heteroatoms. The molecule has 1 heterocycles. The maximum Gasteiger partial charge on any atom is 0.243 e. The second-order valence-corrected chi connectivity index (χ2v) is 9.62. The molecule has 0 unspecified atom stereocenters. The number of hydrogen-bond donors (Lipinski definition) is 1. The van der Waals surface area contributed by atoms with E-state index in [9.17, 15) is 13.2 Å². The lowest BCUT2D eigenvalue weighted by Crippen LogP contribution is -2.54. The van der Waals surface area contributed by atoms with Crippen molar-refractivity contribution in [3.05, 3.63) is 0 Å². The summed E-state index contributed by atoms with van der Waals surface area (Å²) >= 11 is 0. The van der Waals surface area contributed by atoms with E-state index in [0.717, 1.165) is 6.42 Å². The van der Waals surface area contributed by atoms with Crippen LogP contribution >= 0.6 is 24.0 Å². The lowest BCUT2D eigenvalue weighted by Gasteiger charge is -2.36. The van der Waals surface area contributed by atoms with Crippen molar-refractivity contribution in [3.63, 3.8) is 0 Å². The Hall–Kier alpha value is -0.700. The fraction of sp³-hybridized carbons (Fsp3) is 0.895. The van der Waals surface area contributed by atoms with E-state index in [1.54, 1.807) is 14.1 Å². The zero-order valence-electron chi connectivity index (χ0n) is 19.5. The number of carbonyl (C=O) groups excluding carboxylic acids is 1. The molecule has 10 nitrogen and oxygen atoms in total. The molecule has 0 bridgehead atoms. The molecule has 1 aliphatic heterocycles. The number of likely N-dealkylation sites (N-methyl/N-ethyl adjacent to an activating group) is 1. The Morgan fingerprint density at radius 1 is 1.16 bits per heavy atom. The van der Waals surface area contributed by atoms with Crippen LogP contribution in [0.25, 0.3) is 0 Å². The Kier molecular flexibility index (Phi) is 15.6. The van der Waals surface area contributed by atoms with Crippen LogP contribution in [0.1, 0.15) is 27.2 Å². The second kappa shape index (κ2) is 16.0. The van der Waals surface area contributed by atoms with Crippen molar-refractivity contribution in [2.24, 2.45) is 4.99 Å². The van der Waals surface area contributed by atoms with Gasteiger partial charge in [-0.1, -0.05) is 0 Å². The van der Waals surface area contributed by atoms with Gasteiger partial charge in [-0.2, -0.15) is 4.31 Å². The fourth-order valence-corrected chi connectivity index (χ4v) is 4.05. The average Bonchev–Trinajstić information content (AvgIpc) is 2.69. The number of rotatable bonds is 12. The smallest absolute Gasteiger partial charge is 0.243 e. The van der Waals surface area contributed by atoms with E-state index in [2.05, 4.69) is 10.3 Å². The first kappa shape index (κ1) is 30.3. The van der Waals surface area contributed by atoms with E-state index in [1.165, 1.54) is 9.21 Å². The normalized spacial score (nSPS) is 15.7. The Morgan fingerprint density at radius 3 is 2.35 bits per heavy atom. The molecule has 1 fully saturated rings. The topological polar surface area (TPSA) is 104 Å². The summed E-state index contributed by atoms with van der Waals surface area (Å²) in [6, 6.07) is 0. The molecule has 1 amide bonds. The summed E-state index contributed by atoms with van der Waals surface area (Å²) < 4.78 is 37.3. The molecule has 1 N–H and O–H groups in total. The van der Waals surface area contributed by atoms with Crippen molar-refractivity contribution >= 4 is 45.9 Å². The molecule has 1 rings (SSSR count). The molecule has 0 aliphatic carbocycles. The third-order valence-electron chi connectivity index (χ3n) is 4.54. The largest absolute Gasteiger partial charge is 0.382 e. The quantitative estimate of drug-likeness (QED) is 0.155. The van der Waals surface area contributed by atoms with E-state index in [1.807, 2.05) is 25.7 Å². The highest BCUT2D eigenvalue weighted by atomic mass is 127. The molecule has 0 saturated carbocycles. The van der Waals surface area contributed by atoms with Gasteiger partial charge in [-0.05, 0) is 27.2 Å². The van der Waals surface area contributed by atoms with Crippen molar-refractivity contribution < 1.29 is 22.7 Å². The third-order valence-corrected chi connectivity index (χ3v) is 6.37. The molecule has 0 atom stereocenters. The van der Waals surface area contributed by atoms with Gasteiger partial charge in [0.2, 0.25) is 15.9 Å². The maximum atomic E-state index is 12.5. The van der Waals surface area contributed by atoms with Crippen LogP contribution in [0.4, 0.5) is 0 Å². The summed E-state index contributed by atoms with van der Waals surface area (Å²) in [5.41, 5.74) is 0. The van der Waals surface area contributed by atoms with Crippen LogP contribution in [0.5, 0.6) is 0 Å². The van der Waals surface area contributed by atoms with Crippen molar-refractivity contribution in [1.29, 1.82) is 0 Å². The number of piperazine rings is 1. The van der Waals surface area contributed by atoms with Gasteiger partial charge in [0.25, 0.3) is 0 Å². The van der Waals surface area contributed by atoms with Gasteiger partial charge in [0, 0.05) is 60.0 Å². The number of guanidine groups is 1. The highest BCUT2D eigenvalue weighted by Crippen LogP contribution is 2.09. The van der Waals surface area contributed by atoms with Crippen LogP contribution in [0.2, 0.25) is 0 Å². The van der Waals surface area contributed by atoms with E-state index in [4.69, 9.17) is 9.47 Å². The highest BCUT2D eigenvalue weighted by Gasteiger charge is 2.28. The van der Waals surface area contributed by atoms with Crippen molar-refractivity contribution in [2.75, 3.05) is 78.9 Å². The summed E-state index contributed by atoms with van der Waals surface area (Å²) in [6.45, 7) is 9.74. The summed E-state index contributed by atoms with van der Waals surface area (Å²) in [4.78, 5) is 19.9. The molecule has 1 aliphatic rings. The van der Waals surface area contributed by atoms with E-state index >= 15 is 0 Å². The first-order chi connectivity index (χ1) is 14.2.